The van der Waals surface area contributed by atoms with Crippen molar-refractivity contribution in [3.63, 3.8) is 0 Å². The topological polar surface area (TPSA) is 40.7 Å². The van der Waals surface area contributed by atoms with Gasteiger partial charge in [-0.05, 0) is 30.2 Å². The highest BCUT2D eigenvalue weighted by molar-refractivity contribution is 5.80. The van der Waals surface area contributed by atoms with Crippen molar-refractivity contribution in [3.8, 4) is 11.3 Å². The van der Waals surface area contributed by atoms with Gasteiger partial charge in [-0.2, -0.15) is 5.10 Å². The zero-order valence-corrected chi connectivity index (χ0v) is 11.3. The number of nitrogens with one attached hydrogen (secondary N) is 2. The van der Waals surface area contributed by atoms with Gasteiger partial charge in [-0.25, -0.2) is 0 Å². The van der Waals surface area contributed by atoms with E-state index in [1.165, 1.54) is 22.3 Å². The van der Waals surface area contributed by atoms with Gasteiger partial charge in [0.15, 0.2) is 0 Å². The lowest BCUT2D eigenvalue weighted by Crippen LogP contribution is -1.95. The van der Waals surface area contributed by atoms with E-state index in [9.17, 15) is 0 Å². The van der Waals surface area contributed by atoms with Crippen molar-refractivity contribution in [3.05, 3.63) is 65.2 Å². The highest BCUT2D eigenvalue weighted by Gasteiger charge is 2.25. The maximum absolute atomic E-state index is 4.49. The predicted molar refractivity (Wildman–Crippen MR) is 81.3 cm³/mol. The first-order chi connectivity index (χ1) is 9.83. The summed E-state index contributed by atoms with van der Waals surface area (Å²) in [4.78, 5) is 0. The van der Waals surface area contributed by atoms with Crippen molar-refractivity contribution < 1.29 is 0 Å². The van der Waals surface area contributed by atoms with Crippen LogP contribution in [0.25, 0.3) is 11.3 Å². The largest absolute Gasteiger partial charge is 0.340 e. The van der Waals surface area contributed by atoms with Crippen LogP contribution in [0, 0.1) is 6.92 Å². The van der Waals surface area contributed by atoms with Crippen molar-refractivity contribution in [2.75, 3.05) is 5.32 Å². The molecule has 1 heterocycles. The predicted octanol–water partition coefficient (Wildman–Crippen LogP) is 4.03. The average molecular weight is 261 g/mol. The smallest absolute Gasteiger partial charge is 0.130 e. The van der Waals surface area contributed by atoms with Gasteiger partial charge < -0.3 is 5.32 Å². The van der Waals surface area contributed by atoms with Gasteiger partial charge in [-0.1, -0.05) is 36.4 Å². The molecule has 2 aromatic carbocycles. The fourth-order valence-corrected chi connectivity index (χ4v) is 2.86. The molecule has 0 bridgehead atoms. The molecule has 1 aromatic heterocycles. The Kier molecular flexibility index (Phi) is 2.39. The van der Waals surface area contributed by atoms with E-state index in [0.29, 0.717) is 0 Å². The van der Waals surface area contributed by atoms with Crippen LogP contribution in [0.4, 0.5) is 11.5 Å². The third kappa shape index (κ3) is 1.63. The SMILES string of the molecule is Cc1cccc2c1Cc1c-2n[nH]c1Nc1ccccc1. The van der Waals surface area contributed by atoms with E-state index in [2.05, 4.69) is 52.8 Å². The molecule has 0 atom stereocenters. The molecule has 0 radical (unpaired) electrons. The molecule has 0 amide bonds. The molecule has 0 unspecified atom stereocenters. The van der Waals surface area contributed by atoms with E-state index in [0.717, 1.165) is 23.6 Å². The Labute approximate surface area is 117 Å². The number of rotatable bonds is 2. The van der Waals surface area contributed by atoms with E-state index in [4.69, 9.17) is 0 Å². The Morgan fingerprint density at radius 3 is 2.70 bits per heavy atom. The second kappa shape index (κ2) is 4.23. The molecule has 98 valence electrons. The van der Waals surface area contributed by atoms with E-state index in [-0.39, 0.29) is 0 Å². The number of benzene rings is 2. The van der Waals surface area contributed by atoms with E-state index in [1.807, 2.05) is 18.2 Å². The molecule has 4 rings (SSSR count). The van der Waals surface area contributed by atoms with E-state index < -0.39 is 0 Å². The van der Waals surface area contributed by atoms with Crippen molar-refractivity contribution in [2.24, 2.45) is 0 Å². The minimum Gasteiger partial charge on any atom is -0.340 e. The summed E-state index contributed by atoms with van der Waals surface area (Å²) in [7, 11) is 0. The van der Waals surface area contributed by atoms with Crippen molar-refractivity contribution in [1.82, 2.24) is 10.2 Å². The molecule has 3 heteroatoms. The van der Waals surface area contributed by atoms with Crippen LogP contribution < -0.4 is 5.32 Å². The second-order valence-corrected chi connectivity index (χ2v) is 5.19. The van der Waals surface area contributed by atoms with Crippen LogP contribution in [0.1, 0.15) is 16.7 Å². The average Bonchev–Trinajstić information content (AvgIpc) is 3.02. The minimum atomic E-state index is 0.947. The summed E-state index contributed by atoms with van der Waals surface area (Å²) in [5.74, 6) is 1.00. The number of hydrogen-bond donors (Lipinski definition) is 2. The maximum Gasteiger partial charge on any atom is 0.130 e. The number of hydrogen-bond acceptors (Lipinski definition) is 2. The number of aromatic nitrogens is 2. The molecule has 0 saturated carbocycles. The summed E-state index contributed by atoms with van der Waals surface area (Å²) in [5, 5.41) is 11.0. The number of H-pyrrole nitrogens is 1. The van der Waals surface area contributed by atoms with Crippen LogP contribution in [-0.2, 0) is 6.42 Å². The highest BCUT2D eigenvalue weighted by atomic mass is 15.2. The molecule has 0 aliphatic heterocycles. The maximum atomic E-state index is 4.49. The number of aromatic amines is 1. The fourth-order valence-electron chi connectivity index (χ4n) is 2.86. The van der Waals surface area contributed by atoms with Crippen LogP contribution in [0.15, 0.2) is 48.5 Å². The zero-order valence-electron chi connectivity index (χ0n) is 11.3. The van der Waals surface area contributed by atoms with Crippen molar-refractivity contribution in [1.29, 1.82) is 0 Å². The minimum absolute atomic E-state index is 0.947. The summed E-state index contributed by atoms with van der Waals surface area (Å²) in [6.45, 7) is 2.17. The third-order valence-corrected chi connectivity index (χ3v) is 3.93. The summed E-state index contributed by atoms with van der Waals surface area (Å²) >= 11 is 0. The molecule has 2 N–H and O–H groups in total. The van der Waals surface area contributed by atoms with Gasteiger partial charge in [-0.3, -0.25) is 5.10 Å². The Hall–Kier alpha value is -2.55. The first kappa shape index (κ1) is 11.3. The van der Waals surface area contributed by atoms with E-state index >= 15 is 0 Å². The summed E-state index contributed by atoms with van der Waals surface area (Å²) in [5.41, 5.74) is 7.42. The Balaban J connectivity index is 1.75. The Bertz CT molecular complexity index is 772. The zero-order chi connectivity index (χ0) is 13.5. The van der Waals surface area contributed by atoms with E-state index in [1.54, 1.807) is 0 Å². The van der Waals surface area contributed by atoms with Crippen molar-refractivity contribution in [2.45, 2.75) is 13.3 Å². The fraction of sp³-hybridized carbons (Fsp3) is 0.118. The van der Waals surface area contributed by atoms with Crippen LogP contribution in [0.5, 0.6) is 0 Å². The van der Waals surface area contributed by atoms with Gasteiger partial charge in [0.25, 0.3) is 0 Å². The van der Waals surface area contributed by atoms with Gasteiger partial charge in [0.2, 0.25) is 0 Å². The quantitative estimate of drug-likeness (QED) is 0.572. The highest BCUT2D eigenvalue weighted by Crippen LogP contribution is 2.40. The molecule has 0 saturated heterocycles. The van der Waals surface area contributed by atoms with Crippen molar-refractivity contribution >= 4 is 11.5 Å². The molecule has 3 nitrogen and oxygen atoms in total. The number of anilines is 2. The second-order valence-electron chi connectivity index (χ2n) is 5.19. The Morgan fingerprint density at radius 1 is 1.00 bits per heavy atom. The first-order valence-corrected chi connectivity index (χ1v) is 6.81. The lowest BCUT2D eigenvalue weighted by Gasteiger charge is -2.06. The molecule has 3 aromatic rings. The molecule has 0 spiro atoms. The van der Waals surface area contributed by atoms with Gasteiger partial charge in [0.1, 0.15) is 5.82 Å². The van der Waals surface area contributed by atoms with Gasteiger partial charge in [0.05, 0.1) is 5.69 Å². The summed E-state index contributed by atoms with van der Waals surface area (Å²) < 4.78 is 0. The lowest BCUT2D eigenvalue weighted by atomic mass is 10.0. The van der Waals surface area contributed by atoms with Crippen LogP contribution in [0.3, 0.4) is 0 Å². The molecule has 0 fully saturated rings. The standard InChI is InChI=1S/C17H15N3/c1-11-6-5-9-13-14(11)10-15-16(13)19-20-17(15)18-12-7-3-2-4-8-12/h2-9H,10H2,1H3,(H2,18,19,20). The number of fused-ring (bicyclic) bond motifs is 3. The molecule has 1 aliphatic carbocycles. The van der Waals surface area contributed by atoms with Crippen LogP contribution >= 0.6 is 0 Å². The first-order valence-electron chi connectivity index (χ1n) is 6.81. The molecular weight excluding hydrogens is 246 g/mol. The lowest BCUT2D eigenvalue weighted by molar-refractivity contribution is 1.09. The van der Waals surface area contributed by atoms with Gasteiger partial charge >= 0.3 is 0 Å². The third-order valence-electron chi connectivity index (χ3n) is 3.93. The Morgan fingerprint density at radius 2 is 1.85 bits per heavy atom. The molecule has 1 aliphatic rings. The van der Waals surface area contributed by atoms with Gasteiger partial charge in [0, 0.05) is 23.2 Å². The number of nitrogens with zero attached hydrogens (tertiary/aromatic N) is 1. The summed E-state index contributed by atoms with van der Waals surface area (Å²) in [6.07, 6.45) is 0.947. The molecular formula is C17H15N3. The molecule has 20 heavy (non-hydrogen) atoms. The number of aryl methyl sites for hydroxylation is 1. The summed E-state index contributed by atoms with van der Waals surface area (Å²) in [6, 6.07) is 16.6. The van der Waals surface area contributed by atoms with Gasteiger partial charge in [-0.15, -0.1) is 0 Å². The monoisotopic (exact) mass is 261 g/mol. The normalized spacial score (nSPS) is 12.1. The van der Waals surface area contributed by atoms with Crippen LogP contribution in [0.2, 0.25) is 0 Å². The van der Waals surface area contributed by atoms with Crippen LogP contribution in [-0.4, -0.2) is 10.2 Å². The number of para-hydroxylation sites is 1.